The molecule has 1 unspecified atom stereocenters. The third-order valence-corrected chi connectivity index (χ3v) is 3.33. The summed E-state index contributed by atoms with van der Waals surface area (Å²) in [6.07, 6.45) is 5.51. The number of rotatable bonds is 7. The number of nitrogens with zero attached hydrogens (tertiary/aromatic N) is 3. The summed E-state index contributed by atoms with van der Waals surface area (Å²) < 4.78 is 7.16. The number of nitrogens with one attached hydrogen (secondary N) is 2. The molecule has 0 saturated carbocycles. The van der Waals surface area contributed by atoms with Gasteiger partial charge in [0.05, 0.1) is 25.2 Å². The topological polar surface area (TPSA) is 63.5 Å². The number of aromatic nitrogens is 2. The quantitative estimate of drug-likeness (QED) is 0.393. The summed E-state index contributed by atoms with van der Waals surface area (Å²) in [5, 5.41) is 6.60. The summed E-state index contributed by atoms with van der Waals surface area (Å²) in [6, 6.07) is 8.40. The van der Waals surface area contributed by atoms with Gasteiger partial charge in [0.15, 0.2) is 5.96 Å². The lowest BCUT2D eigenvalue weighted by Crippen LogP contribution is -2.43. The Bertz CT molecular complexity index is 615. The van der Waals surface area contributed by atoms with Gasteiger partial charge >= 0.3 is 0 Å². The predicted octanol–water partition coefficient (Wildman–Crippen LogP) is 2.58. The van der Waals surface area contributed by atoms with Gasteiger partial charge in [0.2, 0.25) is 0 Å². The van der Waals surface area contributed by atoms with E-state index in [0.717, 1.165) is 23.8 Å². The third kappa shape index (κ3) is 6.12. The first-order chi connectivity index (χ1) is 11.2. The molecule has 0 radical (unpaired) electrons. The predicted molar refractivity (Wildman–Crippen MR) is 108 cm³/mol. The first-order valence-electron chi connectivity index (χ1n) is 7.84. The van der Waals surface area contributed by atoms with Gasteiger partial charge in [-0.05, 0) is 25.5 Å². The van der Waals surface area contributed by atoms with Crippen LogP contribution in [0.5, 0.6) is 0 Å². The zero-order valence-corrected chi connectivity index (χ0v) is 16.7. The van der Waals surface area contributed by atoms with Crippen molar-refractivity contribution in [1.29, 1.82) is 0 Å². The van der Waals surface area contributed by atoms with E-state index in [0.29, 0.717) is 13.2 Å². The number of methoxy groups -OCH3 is 1. The van der Waals surface area contributed by atoms with Gasteiger partial charge in [0.25, 0.3) is 0 Å². The number of halogens is 1. The molecular formula is C17H26IN5O. The number of hydrogen-bond acceptors (Lipinski definition) is 3. The van der Waals surface area contributed by atoms with Gasteiger partial charge in [-0.15, -0.1) is 24.0 Å². The van der Waals surface area contributed by atoms with Crippen LogP contribution in [0.4, 0.5) is 0 Å². The summed E-state index contributed by atoms with van der Waals surface area (Å²) in [5.41, 5.74) is 2.23. The van der Waals surface area contributed by atoms with Crippen LogP contribution in [0.3, 0.4) is 0 Å². The molecule has 6 nitrogen and oxygen atoms in total. The highest BCUT2D eigenvalue weighted by molar-refractivity contribution is 14.0. The molecule has 2 aromatic rings. The molecule has 0 aliphatic heterocycles. The van der Waals surface area contributed by atoms with Crippen LogP contribution in [0.1, 0.15) is 19.4 Å². The van der Waals surface area contributed by atoms with Gasteiger partial charge in [-0.1, -0.05) is 18.2 Å². The number of imidazole rings is 1. The first-order valence-corrected chi connectivity index (χ1v) is 7.84. The van der Waals surface area contributed by atoms with Crippen molar-refractivity contribution in [2.45, 2.75) is 26.4 Å². The number of benzene rings is 1. The van der Waals surface area contributed by atoms with Gasteiger partial charge in [0.1, 0.15) is 0 Å². The maximum absolute atomic E-state index is 5.16. The van der Waals surface area contributed by atoms with Crippen molar-refractivity contribution >= 4 is 29.9 Å². The first kappa shape index (κ1) is 20.4. The van der Waals surface area contributed by atoms with Crippen molar-refractivity contribution in [2.24, 2.45) is 4.99 Å². The number of guanidine groups is 1. The normalized spacial score (nSPS) is 12.4. The van der Waals surface area contributed by atoms with E-state index in [1.807, 2.05) is 22.9 Å². The van der Waals surface area contributed by atoms with E-state index in [1.54, 1.807) is 19.6 Å². The molecule has 0 fully saturated rings. The zero-order chi connectivity index (χ0) is 16.5. The van der Waals surface area contributed by atoms with E-state index in [9.17, 15) is 0 Å². The molecular weight excluding hydrogens is 417 g/mol. The highest BCUT2D eigenvalue weighted by Gasteiger charge is 2.06. The highest BCUT2D eigenvalue weighted by Crippen LogP contribution is 2.14. The van der Waals surface area contributed by atoms with Crippen LogP contribution in [0, 0.1) is 0 Å². The number of aliphatic imine (C=N–C) groups is 1. The van der Waals surface area contributed by atoms with Crippen molar-refractivity contribution in [2.75, 3.05) is 20.3 Å². The average Bonchev–Trinajstić information content (AvgIpc) is 3.07. The molecule has 0 saturated heterocycles. The lowest BCUT2D eigenvalue weighted by atomic mass is 10.2. The van der Waals surface area contributed by atoms with Crippen LogP contribution in [0.15, 0.2) is 48.0 Å². The molecule has 0 aliphatic carbocycles. The maximum Gasteiger partial charge on any atom is 0.191 e. The molecule has 0 aliphatic rings. The lowest BCUT2D eigenvalue weighted by Gasteiger charge is -2.17. The highest BCUT2D eigenvalue weighted by atomic mass is 127. The molecule has 1 aromatic heterocycles. The van der Waals surface area contributed by atoms with Gasteiger partial charge < -0.3 is 19.9 Å². The van der Waals surface area contributed by atoms with E-state index < -0.39 is 0 Å². The molecule has 1 heterocycles. The largest absolute Gasteiger partial charge is 0.383 e. The summed E-state index contributed by atoms with van der Waals surface area (Å²) in [4.78, 5) is 8.79. The Morgan fingerprint density at radius 2 is 2.17 bits per heavy atom. The number of para-hydroxylation sites is 1. The molecule has 7 heteroatoms. The number of hydrogen-bond donors (Lipinski definition) is 2. The van der Waals surface area contributed by atoms with Crippen LogP contribution in [0.2, 0.25) is 0 Å². The second kappa shape index (κ2) is 11.0. The molecule has 2 rings (SSSR count). The van der Waals surface area contributed by atoms with Crippen molar-refractivity contribution in [3.8, 4) is 5.69 Å². The fraction of sp³-hybridized carbons (Fsp3) is 0.412. The Kier molecular flexibility index (Phi) is 9.39. The van der Waals surface area contributed by atoms with Gasteiger partial charge in [-0.3, -0.25) is 0 Å². The minimum Gasteiger partial charge on any atom is -0.383 e. The van der Waals surface area contributed by atoms with E-state index >= 15 is 0 Å². The Labute approximate surface area is 160 Å². The van der Waals surface area contributed by atoms with Crippen LogP contribution in [-0.2, 0) is 11.3 Å². The molecule has 0 amide bonds. The summed E-state index contributed by atoms with van der Waals surface area (Å²) >= 11 is 0. The Hall–Kier alpha value is -1.61. The van der Waals surface area contributed by atoms with E-state index in [2.05, 4.69) is 46.6 Å². The van der Waals surface area contributed by atoms with Crippen LogP contribution in [-0.4, -0.2) is 41.8 Å². The Morgan fingerprint density at radius 1 is 1.38 bits per heavy atom. The Morgan fingerprint density at radius 3 is 2.83 bits per heavy atom. The molecule has 0 bridgehead atoms. The van der Waals surface area contributed by atoms with Crippen molar-refractivity contribution in [3.05, 3.63) is 48.5 Å². The average molecular weight is 443 g/mol. The van der Waals surface area contributed by atoms with Crippen molar-refractivity contribution in [1.82, 2.24) is 20.2 Å². The zero-order valence-electron chi connectivity index (χ0n) is 14.4. The fourth-order valence-electron chi connectivity index (χ4n) is 2.31. The van der Waals surface area contributed by atoms with Crippen LogP contribution < -0.4 is 10.6 Å². The van der Waals surface area contributed by atoms with E-state index in [4.69, 9.17) is 4.74 Å². The van der Waals surface area contributed by atoms with Crippen molar-refractivity contribution in [3.63, 3.8) is 0 Å². The number of ether oxygens (including phenoxy) is 1. The monoisotopic (exact) mass is 443 g/mol. The fourth-order valence-corrected chi connectivity index (χ4v) is 2.31. The molecule has 24 heavy (non-hydrogen) atoms. The third-order valence-electron chi connectivity index (χ3n) is 3.33. The standard InChI is InChI=1S/C17H25N5O.HI/c1-4-19-17(21-14(2)12-23-3)20-11-15-7-5-6-8-16(15)22-10-9-18-13-22;/h5-10,13-14H,4,11-12H2,1-3H3,(H2,19,20,21);1H. The van der Waals surface area contributed by atoms with Crippen molar-refractivity contribution < 1.29 is 4.74 Å². The molecule has 132 valence electrons. The molecule has 1 aromatic carbocycles. The summed E-state index contributed by atoms with van der Waals surface area (Å²) in [7, 11) is 1.70. The summed E-state index contributed by atoms with van der Waals surface area (Å²) in [5.74, 6) is 0.789. The van der Waals surface area contributed by atoms with Gasteiger partial charge in [0, 0.05) is 32.1 Å². The Balaban J connectivity index is 0.00000288. The smallest absolute Gasteiger partial charge is 0.191 e. The summed E-state index contributed by atoms with van der Waals surface area (Å²) in [6.45, 7) is 6.15. The van der Waals surface area contributed by atoms with E-state index in [-0.39, 0.29) is 30.0 Å². The minimum absolute atomic E-state index is 0. The second-order valence-corrected chi connectivity index (χ2v) is 5.29. The van der Waals surface area contributed by atoms with Gasteiger partial charge in [-0.2, -0.15) is 0 Å². The second-order valence-electron chi connectivity index (χ2n) is 5.29. The maximum atomic E-state index is 5.16. The molecule has 2 N–H and O–H groups in total. The lowest BCUT2D eigenvalue weighted by molar-refractivity contribution is 0.179. The molecule has 1 atom stereocenters. The van der Waals surface area contributed by atoms with Crippen LogP contribution >= 0.6 is 24.0 Å². The SMILES string of the molecule is CCNC(=NCc1ccccc1-n1ccnc1)NC(C)COC.I. The van der Waals surface area contributed by atoms with Crippen LogP contribution in [0.25, 0.3) is 5.69 Å². The molecule has 0 spiro atoms. The van der Waals surface area contributed by atoms with Gasteiger partial charge in [-0.25, -0.2) is 9.98 Å². The van der Waals surface area contributed by atoms with E-state index in [1.165, 1.54) is 0 Å². The minimum atomic E-state index is 0.